The molecule has 5 nitrogen and oxygen atoms in total. The summed E-state index contributed by atoms with van der Waals surface area (Å²) in [5.74, 6) is 0.443. The van der Waals surface area contributed by atoms with Crippen LogP contribution in [0.15, 0.2) is 53.9 Å². The second kappa shape index (κ2) is 11.2. The number of amides is 1. The van der Waals surface area contributed by atoms with Gasteiger partial charge in [0.15, 0.2) is 0 Å². The van der Waals surface area contributed by atoms with Crippen LogP contribution in [-0.2, 0) is 11.3 Å². The van der Waals surface area contributed by atoms with Gasteiger partial charge in [-0.3, -0.25) is 9.69 Å². The van der Waals surface area contributed by atoms with Gasteiger partial charge in [0.25, 0.3) is 0 Å². The van der Waals surface area contributed by atoms with Crippen LogP contribution in [0.5, 0.6) is 0 Å². The molecule has 1 heterocycles. The topological polar surface area (TPSA) is 46.8 Å². The summed E-state index contributed by atoms with van der Waals surface area (Å²) in [6.45, 7) is 10.4. The van der Waals surface area contributed by atoms with Crippen molar-refractivity contribution in [2.75, 3.05) is 27.2 Å². The number of nitrogens with zero attached hydrogens (tertiary/aromatic N) is 3. The van der Waals surface area contributed by atoms with E-state index in [0.29, 0.717) is 12.6 Å². The number of hydrogen-bond acceptors (Lipinski definition) is 4. The lowest BCUT2D eigenvalue weighted by molar-refractivity contribution is -0.133. The van der Waals surface area contributed by atoms with Gasteiger partial charge >= 0.3 is 0 Å². The van der Waals surface area contributed by atoms with E-state index in [1.807, 2.05) is 33.9 Å². The van der Waals surface area contributed by atoms with Gasteiger partial charge in [0.2, 0.25) is 5.91 Å². The number of aliphatic hydroxyl groups excluding tert-OH is 1. The third-order valence-corrected chi connectivity index (χ3v) is 5.67. The normalized spacial score (nSPS) is 20.2. The van der Waals surface area contributed by atoms with Gasteiger partial charge in [-0.2, -0.15) is 0 Å². The SMILES string of the molecule is CCC=C(O)C(C(C)C)N(C)C(=O)CN(C)C(=CCC)[C@H]1CN1Cc1ccccc1. The molecule has 1 aromatic rings. The Morgan fingerprint density at radius 2 is 1.80 bits per heavy atom. The average molecular weight is 414 g/mol. The van der Waals surface area contributed by atoms with Gasteiger partial charge in [-0.25, -0.2) is 0 Å². The highest BCUT2D eigenvalue weighted by molar-refractivity contribution is 5.79. The number of rotatable bonds is 11. The molecular formula is C25H39N3O2. The Hall–Kier alpha value is -2.27. The van der Waals surface area contributed by atoms with E-state index in [0.717, 1.165) is 25.9 Å². The number of carbonyl (C=O) groups excluding carboxylic acids is 1. The molecule has 30 heavy (non-hydrogen) atoms. The lowest BCUT2D eigenvalue weighted by atomic mass is 10.00. The quantitative estimate of drug-likeness (QED) is 0.431. The summed E-state index contributed by atoms with van der Waals surface area (Å²) in [5, 5.41) is 10.4. The molecule has 5 heteroatoms. The van der Waals surface area contributed by atoms with Crippen molar-refractivity contribution >= 4 is 5.91 Å². The number of carbonyl (C=O) groups is 1. The van der Waals surface area contributed by atoms with Crippen LogP contribution in [0.4, 0.5) is 0 Å². The number of likely N-dealkylation sites (N-methyl/N-ethyl adjacent to an activating group) is 2. The van der Waals surface area contributed by atoms with Crippen molar-refractivity contribution < 1.29 is 9.90 Å². The highest BCUT2D eigenvalue weighted by Crippen LogP contribution is 2.29. The van der Waals surface area contributed by atoms with Crippen LogP contribution < -0.4 is 0 Å². The van der Waals surface area contributed by atoms with Crippen LogP contribution in [0.25, 0.3) is 0 Å². The molecule has 0 radical (unpaired) electrons. The van der Waals surface area contributed by atoms with Crippen LogP contribution in [-0.4, -0.2) is 65.0 Å². The minimum atomic E-state index is -0.292. The molecule has 0 saturated carbocycles. The Labute approximate surface area is 182 Å². The van der Waals surface area contributed by atoms with Crippen LogP contribution in [0.3, 0.4) is 0 Å². The zero-order chi connectivity index (χ0) is 22.3. The van der Waals surface area contributed by atoms with E-state index in [4.69, 9.17) is 0 Å². The largest absolute Gasteiger partial charge is 0.510 e. The summed E-state index contributed by atoms with van der Waals surface area (Å²) in [7, 11) is 3.79. The van der Waals surface area contributed by atoms with E-state index in [-0.39, 0.29) is 23.6 Å². The fourth-order valence-corrected chi connectivity index (χ4v) is 4.08. The van der Waals surface area contributed by atoms with Gasteiger partial charge < -0.3 is 14.9 Å². The Bertz CT molecular complexity index is 742. The van der Waals surface area contributed by atoms with E-state index >= 15 is 0 Å². The molecule has 0 aliphatic carbocycles. The van der Waals surface area contributed by atoms with Crippen LogP contribution in [0.1, 0.15) is 46.1 Å². The number of aliphatic hydroxyl groups is 1. The second-order valence-corrected chi connectivity index (χ2v) is 8.55. The Morgan fingerprint density at radius 1 is 1.17 bits per heavy atom. The van der Waals surface area contributed by atoms with Gasteiger partial charge in [-0.05, 0) is 30.4 Å². The number of allylic oxidation sites excluding steroid dienone is 2. The summed E-state index contributed by atoms with van der Waals surface area (Å²) in [6.07, 6.45) is 5.72. The second-order valence-electron chi connectivity index (χ2n) is 8.55. The molecule has 3 atom stereocenters. The lowest BCUT2D eigenvalue weighted by Gasteiger charge is -2.33. The van der Waals surface area contributed by atoms with Crippen LogP contribution >= 0.6 is 0 Å². The molecule has 1 aliphatic heterocycles. The van der Waals surface area contributed by atoms with Crippen molar-refractivity contribution in [2.24, 2.45) is 5.92 Å². The molecule has 1 aromatic carbocycles. The first kappa shape index (κ1) is 24.0. The van der Waals surface area contributed by atoms with Gasteiger partial charge in [0.05, 0.1) is 18.6 Å². The fourth-order valence-electron chi connectivity index (χ4n) is 4.08. The summed E-state index contributed by atoms with van der Waals surface area (Å²) in [5.41, 5.74) is 2.52. The van der Waals surface area contributed by atoms with Crippen LogP contribution in [0, 0.1) is 5.92 Å². The van der Waals surface area contributed by atoms with Gasteiger partial charge in [-0.15, -0.1) is 0 Å². The summed E-state index contributed by atoms with van der Waals surface area (Å²) in [4.78, 5) is 19.2. The lowest BCUT2D eigenvalue weighted by Crippen LogP contribution is -2.46. The molecule has 1 fully saturated rings. The molecule has 1 aliphatic rings. The van der Waals surface area contributed by atoms with Gasteiger partial charge in [0, 0.05) is 32.9 Å². The first-order chi connectivity index (χ1) is 14.3. The third-order valence-electron chi connectivity index (χ3n) is 5.67. The first-order valence-electron chi connectivity index (χ1n) is 11.1. The van der Waals surface area contributed by atoms with Crippen molar-refractivity contribution in [3.05, 3.63) is 59.5 Å². The van der Waals surface area contributed by atoms with E-state index in [2.05, 4.69) is 47.1 Å². The van der Waals surface area contributed by atoms with Gasteiger partial charge in [-0.1, -0.05) is 64.1 Å². The molecule has 0 aromatic heterocycles. The Morgan fingerprint density at radius 3 is 2.37 bits per heavy atom. The van der Waals surface area contributed by atoms with Crippen molar-refractivity contribution in [2.45, 2.75) is 59.2 Å². The Kier molecular flexibility index (Phi) is 8.97. The van der Waals surface area contributed by atoms with E-state index < -0.39 is 0 Å². The third kappa shape index (κ3) is 6.36. The predicted molar refractivity (Wildman–Crippen MR) is 124 cm³/mol. The molecule has 0 spiro atoms. The van der Waals surface area contributed by atoms with E-state index in [1.54, 1.807) is 18.0 Å². The number of benzene rings is 1. The van der Waals surface area contributed by atoms with Crippen molar-refractivity contribution in [1.82, 2.24) is 14.7 Å². The fraction of sp³-hybridized carbons (Fsp3) is 0.560. The van der Waals surface area contributed by atoms with E-state index in [9.17, 15) is 9.90 Å². The monoisotopic (exact) mass is 413 g/mol. The van der Waals surface area contributed by atoms with Crippen molar-refractivity contribution in [3.8, 4) is 0 Å². The molecule has 166 valence electrons. The maximum absolute atomic E-state index is 13.0. The summed E-state index contributed by atoms with van der Waals surface area (Å²) in [6, 6.07) is 10.6. The molecule has 2 rings (SSSR count). The standard InChI is InChI=1S/C25H39N3O2/c1-7-12-21(22-17-28(22)16-20-14-10-9-11-15-20)26(5)18-24(30)27(6)25(19(3)4)23(29)13-8-2/h9-15,19,22,25,29H,7-8,16-18H2,1-6H3/t22-,25?,28?/m1/s1. The molecule has 0 bridgehead atoms. The molecule has 1 N–H and O–H groups in total. The minimum absolute atomic E-state index is 0.0181. The Balaban J connectivity index is 2.02. The highest BCUT2D eigenvalue weighted by Gasteiger charge is 2.39. The van der Waals surface area contributed by atoms with Crippen molar-refractivity contribution in [3.63, 3.8) is 0 Å². The molecule has 1 saturated heterocycles. The zero-order valence-corrected chi connectivity index (χ0v) is 19.5. The maximum atomic E-state index is 13.0. The number of hydrogen-bond donors (Lipinski definition) is 1. The molecule has 2 unspecified atom stereocenters. The zero-order valence-electron chi connectivity index (χ0n) is 19.5. The van der Waals surface area contributed by atoms with Gasteiger partial charge in [0.1, 0.15) is 5.76 Å². The minimum Gasteiger partial charge on any atom is -0.510 e. The van der Waals surface area contributed by atoms with Crippen molar-refractivity contribution in [1.29, 1.82) is 0 Å². The summed E-state index contributed by atoms with van der Waals surface area (Å²) >= 11 is 0. The maximum Gasteiger partial charge on any atom is 0.242 e. The van der Waals surface area contributed by atoms with Crippen LogP contribution in [0.2, 0.25) is 0 Å². The molecule has 1 amide bonds. The summed E-state index contributed by atoms with van der Waals surface area (Å²) < 4.78 is 0. The smallest absolute Gasteiger partial charge is 0.242 e. The average Bonchev–Trinajstić information content (AvgIpc) is 3.45. The predicted octanol–water partition coefficient (Wildman–Crippen LogP) is 4.43. The molecular weight excluding hydrogens is 374 g/mol. The van der Waals surface area contributed by atoms with E-state index in [1.165, 1.54) is 11.3 Å². The first-order valence-corrected chi connectivity index (χ1v) is 11.1. The highest BCUT2D eigenvalue weighted by atomic mass is 16.3.